The number of carbonyl (C=O) groups is 1. The molecule has 0 N–H and O–H groups in total. The summed E-state index contributed by atoms with van der Waals surface area (Å²) in [7, 11) is 3.02. The van der Waals surface area contributed by atoms with Crippen molar-refractivity contribution in [2.75, 3.05) is 14.2 Å². The van der Waals surface area contributed by atoms with E-state index in [1.807, 2.05) is 12.3 Å². The predicted molar refractivity (Wildman–Crippen MR) is 76.7 cm³/mol. The molecule has 1 aromatic carbocycles. The van der Waals surface area contributed by atoms with E-state index in [1.165, 1.54) is 12.2 Å². The molecule has 0 spiro atoms. The van der Waals surface area contributed by atoms with Crippen LogP contribution in [0.1, 0.15) is 21.1 Å². The monoisotopic (exact) mass is 292 g/mol. The van der Waals surface area contributed by atoms with Gasteiger partial charge in [-0.25, -0.2) is 10.0 Å². The van der Waals surface area contributed by atoms with Crippen molar-refractivity contribution in [3.8, 4) is 5.75 Å². The van der Waals surface area contributed by atoms with E-state index in [1.54, 1.807) is 42.6 Å². The molecular formula is C14H16N2O3S. The van der Waals surface area contributed by atoms with Crippen LogP contribution in [0.5, 0.6) is 5.75 Å². The van der Waals surface area contributed by atoms with Gasteiger partial charge in [-0.05, 0) is 31.2 Å². The van der Waals surface area contributed by atoms with Crippen molar-refractivity contribution in [2.24, 2.45) is 0 Å². The summed E-state index contributed by atoms with van der Waals surface area (Å²) in [6, 6.07) is 6.94. The Kier molecular flexibility index (Phi) is 4.70. The first kappa shape index (κ1) is 14.5. The van der Waals surface area contributed by atoms with E-state index in [2.05, 4.69) is 4.98 Å². The molecule has 6 heteroatoms. The van der Waals surface area contributed by atoms with Gasteiger partial charge in [0.1, 0.15) is 12.4 Å². The molecule has 106 valence electrons. The number of aryl methyl sites for hydroxylation is 1. The van der Waals surface area contributed by atoms with Crippen LogP contribution in [0.15, 0.2) is 29.6 Å². The van der Waals surface area contributed by atoms with Crippen molar-refractivity contribution in [1.29, 1.82) is 0 Å². The molecule has 5 nitrogen and oxygen atoms in total. The van der Waals surface area contributed by atoms with Crippen LogP contribution >= 0.6 is 11.3 Å². The molecule has 0 radical (unpaired) electrons. The second kappa shape index (κ2) is 6.49. The van der Waals surface area contributed by atoms with Gasteiger partial charge in [0.15, 0.2) is 0 Å². The van der Waals surface area contributed by atoms with Crippen LogP contribution in [0.25, 0.3) is 0 Å². The molecule has 2 aromatic rings. The molecule has 0 aliphatic heterocycles. The lowest BCUT2D eigenvalue weighted by molar-refractivity contribution is -0.0757. The van der Waals surface area contributed by atoms with Gasteiger partial charge < -0.3 is 4.74 Å². The summed E-state index contributed by atoms with van der Waals surface area (Å²) in [5, 5.41) is 4.17. The maximum Gasteiger partial charge on any atom is 0.277 e. The number of ether oxygens (including phenoxy) is 1. The molecule has 1 aromatic heterocycles. The topological polar surface area (TPSA) is 51.7 Å². The van der Waals surface area contributed by atoms with E-state index in [-0.39, 0.29) is 5.91 Å². The second-order valence-corrected chi connectivity index (χ2v) is 5.22. The lowest BCUT2D eigenvalue weighted by Gasteiger charge is -2.13. The van der Waals surface area contributed by atoms with Crippen LogP contribution in [0.3, 0.4) is 0 Å². The smallest absolute Gasteiger partial charge is 0.277 e. The van der Waals surface area contributed by atoms with Crippen LogP contribution in [-0.4, -0.2) is 30.1 Å². The van der Waals surface area contributed by atoms with Gasteiger partial charge in [-0.2, -0.15) is 0 Å². The first-order valence-corrected chi connectivity index (χ1v) is 6.94. The van der Waals surface area contributed by atoms with Crippen molar-refractivity contribution in [3.05, 3.63) is 45.9 Å². The van der Waals surface area contributed by atoms with Crippen LogP contribution in [-0.2, 0) is 11.4 Å². The minimum atomic E-state index is -0.200. The summed E-state index contributed by atoms with van der Waals surface area (Å²) in [5.41, 5.74) is 1.46. The van der Waals surface area contributed by atoms with Gasteiger partial charge in [0.25, 0.3) is 5.91 Å². The molecule has 0 bridgehead atoms. The highest BCUT2D eigenvalue weighted by molar-refractivity contribution is 7.09. The number of hydroxylamine groups is 2. The second-order valence-electron chi connectivity index (χ2n) is 4.16. The SMILES string of the molecule is CON(C)C(=O)c1ccc(OCc2csc(C)n2)cc1. The number of hydrogen-bond acceptors (Lipinski definition) is 5. The van der Waals surface area contributed by atoms with Crippen LogP contribution in [0.2, 0.25) is 0 Å². The average molecular weight is 292 g/mol. The van der Waals surface area contributed by atoms with E-state index in [4.69, 9.17) is 9.57 Å². The number of nitrogens with zero attached hydrogens (tertiary/aromatic N) is 2. The summed E-state index contributed by atoms with van der Waals surface area (Å²) in [4.78, 5) is 21.0. The molecule has 0 saturated heterocycles. The van der Waals surface area contributed by atoms with Gasteiger partial charge in [0.2, 0.25) is 0 Å². The lowest BCUT2D eigenvalue weighted by atomic mass is 10.2. The molecular weight excluding hydrogens is 276 g/mol. The highest BCUT2D eigenvalue weighted by Crippen LogP contribution is 2.16. The summed E-state index contributed by atoms with van der Waals surface area (Å²) in [6.45, 7) is 2.39. The Morgan fingerprint density at radius 2 is 2.05 bits per heavy atom. The van der Waals surface area contributed by atoms with E-state index >= 15 is 0 Å². The molecule has 2 rings (SSSR count). The first-order chi connectivity index (χ1) is 9.60. The number of hydrogen-bond donors (Lipinski definition) is 0. The fourth-order valence-electron chi connectivity index (χ4n) is 1.59. The van der Waals surface area contributed by atoms with E-state index < -0.39 is 0 Å². The van der Waals surface area contributed by atoms with Gasteiger partial charge in [-0.15, -0.1) is 11.3 Å². The van der Waals surface area contributed by atoms with E-state index in [0.717, 1.165) is 10.7 Å². The summed E-state index contributed by atoms with van der Waals surface area (Å²) < 4.78 is 5.61. The quantitative estimate of drug-likeness (QED) is 0.795. The largest absolute Gasteiger partial charge is 0.487 e. The highest BCUT2D eigenvalue weighted by Gasteiger charge is 2.10. The van der Waals surface area contributed by atoms with Gasteiger partial charge in [-0.1, -0.05) is 0 Å². The van der Waals surface area contributed by atoms with Crippen LogP contribution in [0, 0.1) is 6.92 Å². The Hall–Kier alpha value is -1.92. The normalized spacial score (nSPS) is 10.3. The van der Waals surface area contributed by atoms with Crippen molar-refractivity contribution >= 4 is 17.2 Å². The standard InChI is InChI=1S/C14H16N2O3S/c1-10-15-12(9-20-10)8-19-13-6-4-11(5-7-13)14(17)16(2)18-3/h4-7,9H,8H2,1-3H3. The zero-order valence-corrected chi connectivity index (χ0v) is 12.4. The molecule has 0 atom stereocenters. The molecule has 20 heavy (non-hydrogen) atoms. The Bertz CT molecular complexity index is 580. The zero-order chi connectivity index (χ0) is 14.5. The van der Waals surface area contributed by atoms with Gasteiger partial charge in [0, 0.05) is 18.0 Å². The third-order valence-electron chi connectivity index (χ3n) is 2.71. The summed E-state index contributed by atoms with van der Waals surface area (Å²) in [6.07, 6.45) is 0. The molecule has 0 aliphatic rings. The average Bonchev–Trinajstić information content (AvgIpc) is 2.89. The number of thiazole rings is 1. The van der Waals surface area contributed by atoms with Gasteiger partial charge in [-0.3, -0.25) is 9.63 Å². The van der Waals surface area contributed by atoms with Crippen molar-refractivity contribution in [2.45, 2.75) is 13.5 Å². The third kappa shape index (κ3) is 3.55. The van der Waals surface area contributed by atoms with Crippen molar-refractivity contribution in [3.63, 3.8) is 0 Å². The molecule has 1 heterocycles. The Balaban J connectivity index is 1.96. The Morgan fingerprint density at radius 3 is 2.60 bits per heavy atom. The Labute approximate surface area is 121 Å². The Morgan fingerprint density at radius 1 is 1.35 bits per heavy atom. The predicted octanol–water partition coefficient (Wildman–Crippen LogP) is 2.66. The number of benzene rings is 1. The molecule has 0 aliphatic carbocycles. The fourth-order valence-corrected chi connectivity index (χ4v) is 2.19. The first-order valence-electron chi connectivity index (χ1n) is 6.06. The van der Waals surface area contributed by atoms with Crippen LogP contribution < -0.4 is 4.74 Å². The summed E-state index contributed by atoms with van der Waals surface area (Å²) >= 11 is 1.60. The number of carbonyl (C=O) groups excluding carboxylic acids is 1. The fraction of sp³-hybridized carbons (Fsp3) is 0.286. The third-order valence-corrected chi connectivity index (χ3v) is 3.54. The van der Waals surface area contributed by atoms with E-state index in [0.29, 0.717) is 17.9 Å². The van der Waals surface area contributed by atoms with Gasteiger partial charge >= 0.3 is 0 Å². The maximum atomic E-state index is 11.8. The molecule has 0 fully saturated rings. The minimum absolute atomic E-state index is 0.200. The van der Waals surface area contributed by atoms with Crippen molar-refractivity contribution < 1.29 is 14.4 Å². The van der Waals surface area contributed by atoms with Crippen molar-refractivity contribution in [1.82, 2.24) is 10.0 Å². The molecule has 0 unspecified atom stereocenters. The number of rotatable bonds is 5. The highest BCUT2D eigenvalue weighted by atomic mass is 32.1. The molecule has 1 amide bonds. The minimum Gasteiger partial charge on any atom is -0.487 e. The van der Waals surface area contributed by atoms with Crippen LogP contribution in [0.4, 0.5) is 0 Å². The number of amides is 1. The number of aromatic nitrogens is 1. The lowest BCUT2D eigenvalue weighted by Crippen LogP contribution is -2.25. The molecule has 0 saturated carbocycles. The maximum absolute atomic E-state index is 11.8. The van der Waals surface area contributed by atoms with Gasteiger partial charge in [0.05, 0.1) is 17.8 Å². The van der Waals surface area contributed by atoms with E-state index in [9.17, 15) is 4.79 Å². The summed E-state index contributed by atoms with van der Waals surface area (Å²) in [5.74, 6) is 0.501. The zero-order valence-electron chi connectivity index (χ0n) is 11.6.